The standard InChI is InChI=1S/C35H31F3N2O6/c1-18-24(17-19-6-5-7-21(16-19)45-35(36,37)38)30-22(9-11-26(41)40-30)29(27(18)32(33(42)43)46-34(2,3)4)23-8-10-25-28-20(13-15-44-25)12-14-39-31(23)28/h5-12,14,16,32H,13,15,17H2,1-4H3,(H,40,41)(H,42,43)/t32-/m0/s1. The van der Waals surface area contributed by atoms with Gasteiger partial charge in [-0.05, 0) is 98.3 Å². The van der Waals surface area contributed by atoms with Gasteiger partial charge in [-0.2, -0.15) is 0 Å². The molecular formula is C35H31F3N2O6. The summed E-state index contributed by atoms with van der Waals surface area (Å²) in [7, 11) is 0. The van der Waals surface area contributed by atoms with Crippen LogP contribution in [0.2, 0.25) is 0 Å². The second kappa shape index (κ2) is 11.5. The van der Waals surface area contributed by atoms with E-state index in [0.29, 0.717) is 68.6 Å². The van der Waals surface area contributed by atoms with Crippen LogP contribution in [0.1, 0.15) is 54.7 Å². The van der Waals surface area contributed by atoms with Gasteiger partial charge < -0.3 is 24.3 Å². The van der Waals surface area contributed by atoms with Crippen molar-refractivity contribution in [1.29, 1.82) is 0 Å². The lowest BCUT2D eigenvalue weighted by atomic mass is 9.83. The number of fused-ring (bicyclic) bond motifs is 1. The number of ether oxygens (including phenoxy) is 3. The third kappa shape index (κ3) is 6.02. The Labute approximate surface area is 261 Å². The van der Waals surface area contributed by atoms with Crippen molar-refractivity contribution in [3.05, 3.63) is 99.0 Å². The van der Waals surface area contributed by atoms with Crippen molar-refractivity contribution in [2.24, 2.45) is 0 Å². The third-order valence-corrected chi connectivity index (χ3v) is 7.93. The van der Waals surface area contributed by atoms with Crippen LogP contribution in [0.15, 0.2) is 65.6 Å². The first-order chi connectivity index (χ1) is 21.7. The minimum Gasteiger partial charge on any atom is -0.493 e. The number of hydrogen-bond acceptors (Lipinski definition) is 6. The zero-order chi connectivity index (χ0) is 33.0. The molecule has 0 spiro atoms. The van der Waals surface area contributed by atoms with Gasteiger partial charge >= 0.3 is 12.3 Å². The number of aromatic amines is 1. The molecule has 0 radical (unpaired) electrons. The van der Waals surface area contributed by atoms with E-state index in [2.05, 4.69) is 9.72 Å². The van der Waals surface area contributed by atoms with E-state index in [1.165, 1.54) is 24.3 Å². The maximum Gasteiger partial charge on any atom is 0.573 e. The van der Waals surface area contributed by atoms with Crippen LogP contribution in [0.4, 0.5) is 13.2 Å². The summed E-state index contributed by atoms with van der Waals surface area (Å²) in [5, 5.41) is 12.0. The average Bonchev–Trinajstić information content (AvgIpc) is 2.97. The Kier molecular flexibility index (Phi) is 7.76. The Bertz CT molecular complexity index is 2050. The minimum atomic E-state index is -4.88. The van der Waals surface area contributed by atoms with Crippen LogP contribution in [-0.4, -0.2) is 39.6 Å². The number of halogens is 3. The van der Waals surface area contributed by atoms with Gasteiger partial charge in [-0.15, -0.1) is 13.2 Å². The maximum absolute atomic E-state index is 13.0. The molecule has 6 rings (SSSR count). The van der Waals surface area contributed by atoms with E-state index in [1.54, 1.807) is 46.0 Å². The zero-order valence-corrected chi connectivity index (χ0v) is 25.5. The fraction of sp³-hybridized carbons (Fsp3) is 0.286. The summed E-state index contributed by atoms with van der Waals surface area (Å²) in [5.74, 6) is -0.954. The van der Waals surface area contributed by atoms with Gasteiger partial charge in [0.15, 0.2) is 6.10 Å². The largest absolute Gasteiger partial charge is 0.573 e. The summed E-state index contributed by atoms with van der Waals surface area (Å²) in [6.07, 6.45) is -3.89. The predicted molar refractivity (Wildman–Crippen MR) is 166 cm³/mol. The molecule has 3 heterocycles. The summed E-state index contributed by atoms with van der Waals surface area (Å²) in [5.41, 5.74) is 3.76. The van der Waals surface area contributed by atoms with E-state index in [9.17, 15) is 27.9 Å². The smallest absolute Gasteiger partial charge is 0.493 e. The van der Waals surface area contributed by atoms with Crippen LogP contribution < -0.4 is 15.0 Å². The van der Waals surface area contributed by atoms with Crippen LogP contribution in [0, 0.1) is 6.92 Å². The molecule has 1 atom stereocenters. The SMILES string of the molecule is Cc1c([C@H](OC(C)(C)C)C(=O)O)c(-c2ccc3c4c(ccnc24)CCO3)c2ccc(=O)[nH]c2c1Cc1cccc(OC(F)(F)F)c1. The van der Waals surface area contributed by atoms with E-state index >= 15 is 0 Å². The molecule has 0 saturated heterocycles. The molecule has 238 valence electrons. The topological polar surface area (TPSA) is 111 Å². The van der Waals surface area contributed by atoms with Gasteiger partial charge in [0.25, 0.3) is 0 Å². The Morgan fingerprint density at radius 3 is 2.61 bits per heavy atom. The first kappa shape index (κ1) is 31.1. The fourth-order valence-electron chi connectivity index (χ4n) is 6.19. The summed E-state index contributed by atoms with van der Waals surface area (Å²) in [6.45, 7) is 7.52. The van der Waals surface area contributed by atoms with Crippen LogP contribution in [-0.2, 0) is 22.4 Å². The van der Waals surface area contributed by atoms with Crippen LogP contribution >= 0.6 is 0 Å². The van der Waals surface area contributed by atoms with Crippen molar-refractivity contribution < 1.29 is 37.3 Å². The molecule has 0 bridgehead atoms. The number of alkyl halides is 3. The second-order valence-corrected chi connectivity index (χ2v) is 12.2. The normalized spacial score (nSPS) is 13.9. The summed E-state index contributed by atoms with van der Waals surface area (Å²) in [4.78, 5) is 33.4. The number of hydrogen-bond donors (Lipinski definition) is 2. The lowest BCUT2D eigenvalue weighted by Crippen LogP contribution is -2.28. The molecule has 1 aliphatic rings. The molecule has 2 aromatic heterocycles. The molecule has 0 saturated carbocycles. The molecule has 0 fully saturated rings. The second-order valence-electron chi connectivity index (χ2n) is 12.2. The molecule has 0 amide bonds. The number of carboxylic acid groups (broad SMARTS) is 1. The maximum atomic E-state index is 13.0. The molecule has 1 aliphatic heterocycles. The average molecular weight is 633 g/mol. The van der Waals surface area contributed by atoms with Crippen molar-refractivity contribution in [2.75, 3.05) is 6.61 Å². The highest BCUT2D eigenvalue weighted by molar-refractivity contribution is 6.09. The van der Waals surface area contributed by atoms with Crippen molar-refractivity contribution in [1.82, 2.24) is 9.97 Å². The van der Waals surface area contributed by atoms with Crippen LogP contribution in [0.3, 0.4) is 0 Å². The highest BCUT2D eigenvalue weighted by Crippen LogP contribution is 2.46. The molecular weight excluding hydrogens is 601 g/mol. The van der Waals surface area contributed by atoms with Gasteiger partial charge in [0.1, 0.15) is 11.5 Å². The number of aromatic nitrogens is 2. The molecule has 5 aromatic rings. The fourth-order valence-corrected chi connectivity index (χ4v) is 6.19. The number of pyridine rings is 2. The quantitative estimate of drug-likeness (QED) is 0.192. The summed E-state index contributed by atoms with van der Waals surface area (Å²) in [6, 6.07) is 14.1. The number of carbonyl (C=O) groups is 1. The van der Waals surface area contributed by atoms with Crippen molar-refractivity contribution in [2.45, 2.75) is 58.6 Å². The molecule has 46 heavy (non-hydrogen) atoms. The Morgan fingerprint density at radius 1 is 1.11 bits per heavy atom. The number of carboxylic acids is 1. The Hall–Kier alpha value is -4.90. The number of rotatable bonds is 7. The van der Waals surface area contributed by atoms with E-state index < -0.39 is 35.3 Å². The molecule has 0 unspecified atom stereocenters. The zero-order valence-electron chi connectivity index (χ0n) is 25.5. The number of aliphatic carboxylic acids is 1. The highest BCUT2D eigenvalue weighted by atomic mass is 19.4. The number of nitrogens with zero attached hydrogens (tertiary/aromatic N) is 1. The molecule has 3 aromatic carbocycles. The molecule has 11 heteroatoms. The van der Waals surface area contributed by atoms with Gasteiger partial charge in [-0.25, -0.2) is 4.79 Å². The van der Waals surface area contributed by atoms with Gasteiger partial charge in [0, 0.05) is 40.6 Å². The van der Waals surface area contributed by atoms with Gasteiger partial charge in [-0.1, -0.05) is 12.1 Å². The van der Waals surface area contributed by atoms with Crippen molar-refractivity contribution in [3.8, 4) is 22.6 Å². The Balaban J connectivity index is 1.69. The molecule has 8 nitrogen and oxygen atoms in total. The summed E-state index contributed by atoms with van der Waals surface area (Å²) < 4.78 is 55.3. The van der Waals surface area contributed by atoms with Crippen molar-refractivity contribution >= 4 is 27.8 Å². The predicted octanol–water partition coefficient (Wildman–Crippen LogP) is 7.42. The monoisotopic (exact) mass is 632 g/mol. The molecule has 0 aliphatic carbocycles. The first-order valence-corrected chi connectivity index (χ1v) is 14.7. The lowest BCUT2D eigenvalue weighted by molar-refractivity contribution is -0.274. The minimum absolute atomic E-state index is 0.0579. The number of nitrogens with one attached hydrogen (secondary N) is 1. The third-order valence-electron chi connectivity index (χ3n) is 7.93. The van der Waals surface area contributed by atoms with E-state index in [0.717, 1.165) is 10.9 Å². The van der Waals surface area contributed by atoms with Crippen LogP contribution in [0.5, 0.6) is 11.5 Å². The van der Waals surface area contributed by atoms with E-state index in [-0.39, 0.29) is 6.42 Å². The van der Waals surface area contributed by atoms with E-state index in [1.807, 2.05) is 18.2 Å². The van der Waals surface area contributed by atoms with Gasteiger partial charge in [0.05, 0.1) is 23.2 Å². The highest BCUT2D eigenvalue weighted by Gasteiger charge is 2.35. The summed E-state index contributed by atoms with van der Waals surface area (Å²) >= 11 is 0. The lowest BCUT2D eigenvalue weighted by Gasteiger charge is -2.30. The van der Waals surface area contributed by atoms with Gasteiger partial charge in [0.2, 0.25) is 5.56 Å². The van der Waals surface area contributed by atoms with Gasteiger partial charge in [-0.3, -0.25) is 9.78 Å². The van der Waals surface area contributed by atoms with Crippen LogP contribution in [0.25, 0.3) is 32.9 Å². The van der Waals surface area contributed by atoms with E-state index in [4.69, 9.17) is 14.5 Å². The van der Waals surface area contributed by atoms with Crippen molar-refractivity contribution in [3.63, 3.8) is 0 Å². The Morgan fingerprint density at radius 2 is 1.89 bits per heavy atom. The molecule has 2 N–H and O–H groups in total. The first-order valence-electron chi connectivity index (χ1n) is 14.7. The number of benzene rings is 3. The number of H-pyrrole nitrogens is 1.